The van der Waals surface area contributed by atoms with Crippen LogP contribution in [-0.2, 0) is 16.8 Å². The number of carbonyl (C=O) groups is 1. The lowest BCUT2D eigenvalue weighted by molar-refractivity contribution is -0.124. The predicted molar refractivity (Wildman–Crippen MR) is 68.2 cm³/mol. The maximum Gasteiger partial charge on any atom is 0.260 e. The molecule has 0 aromatic carbocycles. The standard InChI is InChI=1S/C12H11N3O2S/c13-11-14-10(16)12(15-11,9-4-2-6-18-9)7-8-3-1-5-17-8/h1-6H,7H2,(H3,13,14,15,16)/t12-/m1/s1. The molecule has 1 atom stereocenters. The third kappa shape index (κ3) is 1.62. The summed E-state index contributed by atoms with van der Waals surface area (Å²) in [6.45, 7) is 0. The molecule has 0 unspecified atom stereocenters. The van der Waals surface area contributed by atoms with E-state index >= 15 is 0 Å². The predicted octanol–water partition coefficient (Wildman–Crippen LogP) is 1.22. The number of hydrogen-bond donors (Lipinski definition) is 2. The summed E-state index contributed by atoms with van der Waals surface area (Å²) in [5.41, 5.74) is 4.64. The van der Waals surface area contributed by atoms with E-state index in [1.165, 1.54) is 11.3 Å². The molecule has 18 heavy (non-hydrogen) atoms. The lowest BCUT2D eigenvalue weighted by Crippen LogP contribution is -2.39. The molecule has 5 nitrogen and oxygen atoms in total. The molecule has 0 bridgehead atoms. The number of nitrogens with one attached hydrogen (secondary N) is 1. The Bertz CT molecular complexity index is 589. The molecular formula is C12H11N3O2S. The van der Waals surface area contributed by atoms with Crippen molar-refractivity contribution in [3.63, 3.8) is 0 Å². The summed E-state index contributed by atoms with van der Waals surface area (Å²) in [5, 5.41) is 4.48. The fraction of sp³-hybridized carbons (Fsp3) is 0.167. The molecule has 1 aliphatic heterocycles. The Hall–Kier alpha value is -2.08. The van der Waals surface area contributed by atoms with Gasteiger partial charge in [-0.3, -0.25) is 10.1 Å². The van der Waals surface area contributed by atoms with Crippen molar-refractivity contribution in [2.45, 2.75) is 12.0 Å². The van der Waals surface area contributed by atoms with Crippen LogP contribution in [0.1, 0.15) is 10.6 Å². The third-order valence-electron chi connectivity index (χ3n) is 2.87. The molecule has 0 aliphatic carbocycles. The lowest BCUT2D eigenvalue weighted by Gasteiger charge is -2.20. The van der Waals surface area contributed by atoms with Crippen molar-refractivity contribution in [2.24, 2.45) is 10.7 Å². The molecule has 3 N–H and O–H groups in total. The van der Waals surface area contributed by atoms with Crippen LogP contribution in [0.3, 0.4) is 0 Å². The molecule has 0 radical (unpaired) electrons. The average Bonchev–Trinajstić information content (AvgIpc) is 3.03. The summed E-state index contributed by atoms with van der Waals surface area (Å²) in [6.07, 6.45) is 1.95. The van der Waals surface area contributed by atoms with Crippen LogP contribution in [0.25, 0.3) is 0 Å². The largest absolute Gasteiger partial charge is 0.469 e. The average molecular weight is 261 g/mol. The van der Waals surface area contributed by atoms with E-state index < -0.39 is 5.54 Å². The van der Waals surface area contributed by atoms with Gasteiger partial charge < -0.3 is 10.2 Å². The highest BCUT2D eigenvalue weighted by atomic mass is 32.1. The van der Waals surface area contributed by atoms with Crippen LogP contribution in [0.5, 0.6) is 0 Å². The van der Waals surface area contributed by atoms with Crippen molar-refractivity contribution in [3.8, 4) is 0 Å². The van der Waals surface area contributed by atoms with E-state index in [0.29, 0.717) is 12.2 Å². The molecule has 0 saturated carbocycles. The summed E-state index contributed by atoms with van der Waals surface area (Å²) in [6, 6.07) is 7.39. The van der Waals surface area contributed by atoms with E-state index in [2.05, 4.69) is 10.3 Å². The van der Waals surface area contributed by atoms with Gasteiger partial charge in [-0.1, -0.05) is 6.07 Å². The zero-order valence-electron chi connectivity index (χ0n) is 9.42. The number of aliphatic imine (C=N–C) groups is 1. The Labute approximate surface area is 107 Å². The summed E-state index contributed by atoms with van der Waals surface area (Å²) >= 11 is 1.48. The number of hydrogen-bond acceptors (Lipinski definition) is 5. The minimum Gasteiger partial charge on any atom is -0.469 e. The first-order valence-electron chi connectivity index (χ1n) is 5.44. The summed E-state index contributed by atoms with van der Waals surface area (Å²) < 4.78 is 5.32. The lowest BCUT2D eigenvalue weighted by atomic mass is 9.92. The van der Waals surface area contributed by atoms with Gasteiger partial charge in [0.2, 0.25) is 0 Å². The van der Waals surface area contributed by atoms with Crippen LogP contribution in [0.15, 0.2) is 45.3 Å². The zero-order valence-corrected chi connectivity index (χ0v) is 10.2. The first-order valence-corrected chi connectivity index (χ1v) is 6.32. The normalized spacial score (nSPS) is 22.9. The Kier molecular flexibility index (Phi) is 2.45. The van der Waals surface area contributed by atoms with Crippen LogP contribution in [0, 0.1) is 0 Å². The van der Waals surface area contributed by atoms with Crippen molar-refractivity contribution in [2.75, 3.05) is 0 Å². The van der Waals surface area contributed by atoms with E-state index in [4.69, 9.17) is 10.2 Å². The molecule has 3 heterocycles. The van der Waals surface area contributed by atoms with Gasteiger partial charge >= 0.3 is 0 Å². The number of amides is 1. The third-order valence-corrected chi connectivity index (χ3v) is 3.89. The number of nitrogens with zero attached hydrogens (tertiary/aromatic N) is 1. The minimum atomic E-state index is -0.990. The van der Waals surface area contributed by atoms with E-state index in [1.54, 1.807) is 12.3 Å². The molecule has 3 rings (SSSR count). The van der Waals surface area contributed by atoms with Gasteiger partial charge in [0.15, 0.2) is 11.5 Å². The molecule has 2 aromatic heterocycles. The molecule has 0 spiro atoms. The second-order valence-corrected chi connectivity index (χ2v) is 4.99. The number of thiophene rings is 1. The van der Waals surface area contributed by atoms with Gasteiger partial charge in [-0.15, -0.1) is 11.3 Å². The van der Waals surface area contributed by atoms with Crippen molar-refractivity contribution < 1.29 is 9.21 Å². The van der Waals surface area contributed by atoms with Crippen LogP contribution in [-0.4, -0.2) is 11.9 Å². The summed E-state index contributed by atoms with van der Waals surface area (Å²) in [4.78, 5) is 17.4. The van der Waals surface area contributed by atoms with Gasteiger partial charge in [0.25, 0.3) is 5.91 Å². The van der Waals surface area contributed by atoms with Gasteiger partial charge in [-0.25, -0.2) is 4.99 Å². The Balaban J connectivity index is 2.07. The fourth-order valence-electron chi connectivity index (χ4n) is 2.06. The molecule has 0 fully saturated rings. The monoisotopic (exact) mass is 261 g/mol. The Morgan fingerprint density at radius 3 is 2.89 bits per heavy atom. The SMILES string of the molecule is NC1=N[C@](Cc2ccco2)(c2cccs2)C(=O)N1. The van der Waals surface area contributed by atoms with Crippen molar-refractivity contribution in [3.05, 3.63) is 46.5 Å². The topological polar surface area (TPSA) is 80.6 Å². The molecular weight excluding hydrogens is 250 g/mol. The molecule has 0 saturated heterocycles. The second-order valence-electron chi connectivity index (χ2n) is 4.04. The van der Waals surface area contributed by atoms with Crippen molar-refractivity contribution in [1.82, 2.24) is 5.32 Å². The van der Waals surface area contributed by atoms with E-state index in [-0.39, 0.29) is 11.9 Å². The van der Waals surface area contributed by atoms with E-state index in [1.807, 2.05) is 23.6 Å². The maximum atomic E-state index is 12.2. The highest BCUT2D eigenvalue weighted by Gasteiger charge is 2.46. The minimum absolute atomic E-state index is 0.153. The number of carbonyl (C=O) groups excluding carboxylic acids is 1. The quantitative estimate of drug-likeness (QED) is 0.871. The zero-order chi connectivity index (χ0) is 12.6. The van der Waals surface area contributed by atoms with Gasteiger partial charge in [0, 0.05) is 11.3 Å². The molecule has 1 aliphatic rings. The van der Waals surface area contributed by atoms with Crippen molar-refractivity contribution >= 4 is 23.2 Å². The Morgan fingerprint density at radius 1 is 1.44 bits per heavy atom. The van der Waals surface area contributed by atoms with E-state index in [0.717, 1.165) is 4.88 Å². The highest BCUT2D eigenvalue weighted by molar-refractivity contribution is 7.10. The molecule has 6 heteroatoms. The van der Waals surface area contributed by atoms with E-state index in [9.17, 15) is 4.79 Å². The van der Waals surface area contributed by atoms with Gasteiger partial charge in [0.1, 0.15) is 5.76 Å². The molecule has 2 aromatic rings. The summed E-state index contributed by atoms with van der Waals surface area (Å²) in [5.74, 6) is 0.649. The number of nitrogens with two attached hydrogens (primary N) is 1. The second kappa shape index (κ2) is 3.99. The van der Waals surface area contributed by atoms with Crippen LogP contribution < -0.4 is 11.1 Å². The van der Waals surface area contributed by atoms with Crippen LogP contribution >= 0.6 is 11.3 Å². The first kappa shape index (κ1) is 11.0. The van der Waals surface area contributed by atoms with Crippen LogP contribution in [0.4, 0.5) is 0 Å². The van der Waals surface area contributed by atoms with Crippen LogP contribution in [0.2, 0.25) is 0 Å². The first-order chi connectivity index (χ1) is 8.71. The number of rotatable bonds is 3. The molecule has 92 valence electrons. The van der Waals surface area contributed by atoms with Crippen molar-refractivity contribution in [1.29, 1.82) is 0 Å². The highest BCUT2D eigenvalue weighted by Crippen LogP contribution is 2.36. The Morgan fingerprint density at radius 2 is 2.33 bits per heavy atom. The fourth-order valence-corrected chi connectivity index (χ4v) is 2.92. The molecule has 1 amide bonds. The summed E-state index contributed by atoms with van der Waals surface area (Å²) in [7, 11) is 0. The van der Waals surface area contributed by atoms with Gasteiger partial charge in [0.05, 0.1) is 6.26 Å². The van der Waals surface area contributed by atoms with Gasteiger partial charge in [-0.2, -0.15) is 0 Å². The van der Waals surface area contributed by atoms with Gasteiger partial charge in [-0.05, 0) is 23.6 Å². The number of guanidine groups is 1. The maximum absolute atomic E-state index is 12.2. The number of furan rings is 1. The smallest absolute Gasteiger partial charge is 0.260 e.